The smallest absolute Gasteiger partial charge is 0.378 e. The molecule has 0 spiro atoms. The third kappa shape index (κ3) is 0.378. The minimum absolute atomic E-state index is 1.62. The third-order valence-corrected chi connectivity index (χ3v) is 0.425. The molecule has 0 aromatic rings. The zero-order valence-corrected chi connectivity index (χ0v) is 2.72. The molecule has 0 saturated carbocycles. The molecule has 0 bridgehead atoms. The van der Waals surface area contributed by atoms with Gasteiger partial charge in [0.2, 0.25) is 0 Å². The van der Waals surface area contributed by atoms with Crippen LogP contribution in [0.25, 0.3) is 0 Å². The van der Waals surface area contributed by atoms with E-state index in [0.717, 1.165) is 0 Å². The van der Waals surface area contributed by atoms with Crippen LogP contribution in [0.15, 0.2) is 12.1 Å². The summed E-state index contributed by atoms with van der Waals surface area (Å²) in [5, 5.41) is 0. The van der Waals surface area contributed by atoms with Gasteiger partial charge in [-0.3, -0.25) is 0 Å². The summed E-state index contributed by atoms with van der Waals surface area (Å²) in [7, 11) is 1.62. The Hall–Kier alpha value is -0.525. The molecule has 1 radical (unpaired) electrons. The predicted molar refractivity (Wildman–Crippen MR) is 21.0 cm³/mol. The van der Waals surface area contributed by atoms with Crippen LogP contribution in [0.1, 0.15) is 0 Å². The summed E-state index contributed by atoms with van der Waals surface area (Å²) in [6, 6.07) is 0. The number of carbonyl (C=O) groups excluding carboxylic acids is 1. The van der Waals surface area contributed by atoms with Crippen molar-refractivity contribution in [2.75, 3.05) is 0 Å². The Morgan fingerprint density at radius 1 is 1.60 bits per heavy atom. The summed E-state index contributed by atoms with van der Waals surface area (Å²) in [5.74, 6) is 1.83. The second kappa shape index (κ2) is 1.06. The SMILES string of the molecule is [B]1C=CC=[O+]1. The molecular weight excluding hydrogens is 62.8 g/mol. The topological polar surface area (TPSA) is 11.3 Å². The van der Waals surface area contributed by atoms with Crippen molar-refractivity contribution in [2.45, 2.75) is 0 Å². The molecule has 0 aromatic carbocycles. The van der Waals surface area contributed by atoms with Gasteiger partial charge in [0.1, 0.15) is 0 Å². The van der Waals surface area contributed by atoms with Crippen molar-refractivity contribution in [1.29, 1.82) is 0 Å². The molecule has 0 unspecified atom stereocenters. The molecule has 1 aliphatic heterocycles. The lowest BCUT2D eigenvalue weighted by molar-refractivity contribution is -0.271. The van der Waals surface area contributed by atoms with E-state index >= 15 is 0 Å². The van der Waals surface area contributed by atoms with Gasteiger partial charge in [-0.1, -0.05) is 0 Å². The molecule has 0 amide bonds. The highest BCUT2D eigenvalue weighted by Crippen LogP contribution is 1.69. The fourth-order valence-corrected chi connectivity index (χ4v) is 0.227. The van der Waals surface area contributed by atoms with Gasteiger partial charge < -0.3 is 4.34 Å². The average Bonchev–Trinajstić information content (AvgIpc) is 1.76. The summed E-state index contributed by atoms with van der Waals surface area (Å²) in [4.78, 5) is 0. The lowest BCUT2D eigenvalue weighted by atomic mass is 10.1. The molecule has 1 heterocycles. The van der Waals surface area contributed by atoms with Gasteiger partial charge >= 0.3 is 7.48 Å². The molecule has 0 fully saturated rings. The van der Waals surface area contributed by atoms with Gasteiger partial charge in [-0.2, -0.15) is 0 Å². The second-order valence-electron chi connectivity index (χ2n) is 0.793. The molecule has 1 aliphatic rings. The molecule has 5 heavy (non-hydrogen) atoms. The third-order valence-electron chi connectivity index (χ3n) is 0.425. The van der Waals surface area contributed by atoms with E-state index in [1.807, 2.05) is 12.1 Å². The monoisotopic (exact) mass is 66.0 g/mol. The Bertz CT molecular complexity index is 65.0. The van der Waals surface area contributed by atoms with Gasteiger partial charge in [0, 0.05) is 12.1 Å². The van der Waals surface area contributed by atoms with Crippen LogP contribution >= 0.6 is 0 Å². The van der Waals surface area contributed by atoms with Crippen molar-refractivity contribution in [3.63, 3.8) is 0 Å². The number of hydrogen-bond donors (Lipinski definition) is 0. The maximum atomic E-state index is 4.58. The second-order valence-corrected chi connectivity index (χ2v) is 0.793. The summed E-state index contributed by atoms with van der Waals surface area (Å²) >= 11 is 0. The van der Waals surface area contributed by atoms with Crippen LogP contribution in [0.2, 0.25) is 0 Å². The van der Waals surface area contributed by atoms with Crippen LogP contribution in [-0.2, 0) is 4.34 Å². The predicted octanol–water partition coefficient (Wildman–Crippen LogP) is -0.133. The quantitative estimate of drug-likeness (QED) is 0.212. The van der Waals surface area contributed by atoms with E-state index in [0.29, 0.717) is 0 Å². The zero-order valence-electron chi connectivity index (χ0n) is 2.72. The number of rotatable bonds is 0. The van der Waals surface area contributed by atoms with Gasteiger partial charge in [-0.05, 0) is 0 Å². The first-order chi connectivity index (χ1) is 2.50. The van der Waals surface area contributed by atoms with Crippen molar-refractivity contribution >= 4 is 13.8 Å². The number of allylic oxidation sites excluding steroid dienone is 1. The highest BCUT2D eigenvalue weighted by molar-refractivity contribution is 6.34. The standard InChI is InChI=1S/C3H3BO/c1-2-4-5-3-1/h1-3H/q+1. The van der Waals surface area contributed by atoms with Crippen LogP contribution in [0.3, 0.4) is 0 Å². The first kappa shape index (κ1) is 2.70. The molecule has 1 rings (SSSR count). The number of hydrogen-bond acceptors (Lipinski definition) is 0. The van der Waals surface area contributed by atoms with E-state index in [2.05, 4.69) is 4.34 Å². The molecule has 0 aromatic heterocycles. The Morgan fingerprint density at radius 3 is 2.80 bits per heavy atom. The minimum atomic E-state index is 1.62. The van der Waals surface area contributed by atoms with Crippen molar-refractivity contribution in [3.05, 3.63) is 12.1 Å². The molecule has 0 atom stereocenters. The van der Waals surface area contributed by atoms with Crippen LogP contribution in [0.5, 0.6) is 0 Å². The lowest BCUT2D eigenvalue weighted by Gasteiger charge is -1.39. The van der Waals surface area contributed by atoms with Crippen molar-refractivity contribution in [3.8, 4) is 0 Å². The first-order valence-corrected chi connectivity index (χ1v) is 1.47. The highest BCUT2D eigenvalue weighted by atomic mass is 16.3. The van der Waals surface area contributed by atoms with Gasteiger partial charge in [-0.15, -0.1) is 0 Å². The van der Waals surface area contributed by atoms with E-state index < -0.39 is 0 Å². The van der Waals surface area contributed by atoms with E-state index in [9.17, 15) is 0 Å². The molecule has 0 N–H and O–H groups in total. The lowest BCUT2D eigenvalue weighted by Crippen LogP contribution is -1.73. The molecule has 23 valence electrons. The zero-order chi connectivity index (χ0) is 3.54. The van der Waals surface area contributed by atoms with E-state index in [1.54, 1.807) is 13.8 Å². The highest BCUT2D eigenvalue weighted by Gasteiger charge is 2.02. The van der Waals surface area contributed by atoms with Crippen molar-refractivity contribution in [1.82, 2.24) is 0 Å². The van der Waals surface area contributed by atoms with Crippen molar-refractivity contribution < 1.29 is 4.34 Å². The fourth-order valence-electron chi connectivity index (χ4n) is 0.227. The van der Waals surface area contributed by atoms with Gasteiger partial charge in [0.15, 0.2) is 0 Å². The summed E-state index contributed by atoms with van der Waals surface area (Å²) < 4.78 is 4.58. The van der Waals surface area contributed by atoms with Gasteiger partial charge in [0.25, 0.3) is 6.29 Å². The Kier molecular flexibility index (Phi) is 0.574. The Balaban J connectivity index is 2.61. The maximum Gasteiger partial charge on any atom is 0.774 e. The van der Waals surface area contributed by atoms with Crippen molar-refractivity contribution in [2.24, 2.45) is 0 Å². The van der Waals surface area contributed by atoms with E-state index in [-0.39, 0.29) is 0 Å². The van der Waals surface area contributed by atoms with Gasteiger partial charge in [-0.25, -0.2) is 0 Å². The normalized spacial score (nSPS) is 16.0. The van der Waals surface area contributed by atoms with Crippen LogP contribution in [0.4, 0.5) is 0 Å². The summed E-state index contributed by atoms with van der Waals surface area (Å²) in [6.45, 7) is 0. The Labute approximate surface area is 31.3 Å². The Morgan fingerprint density at radius 2 is 2.60 bits per heavy atom. The van der Waals surface area contributed by atoms with Crippen LogP contribution in [-0.4, -0.2) is 13.8 Å². The molecule has 0 saturated heterocycles. The fraction of sp³-hybridized carbons (Fsp3) is 0. The average molecular weight is 65.9 g/mol. The summed E-state index contributed by atoms with van der Waals surface area (Å²) in [6.07, 6.45) is 3.46. The van der Waals surface area contributed by atoms with Crippen LogP contribution < -0.4 is 0 Å². The van der Waals surface area contributed by atoms with E-state index in [4.69, 9.17) is 0 Å². The molecule has 2 heteroatoms. The summed E-state index contributed by atoms with van der Waals surface area (Å²) in [5.41, 5.74) is 0. The molecule has 1 nitrogen and oxygen atoms in total. The maximum absolute atomic E-state index is 4.58. The first-order valence-electron chi connectivity index (χ1n) is 1.47. The van der Waals surface area contributed by atoms with Gasteiger partial charge in [0.05, 0.1) is 0 Å². The largest absolute Gasteiger partial charge is 0.774 e. The molecular formula is C3H3BO+. The minimum Gasteiger partial charge on any atom is -0.378 e. The molecule has 0 aliphatic carbocycles. The van der Waals surface area contributed by atoms with Crippen LogP contribution in [0, 0.1) is 0 Å². The number of aldehydes is 1. The van der Waals surface area contributed by atoms with E-state index in [1.165, 1.54) is 0 Å².